The topological polar surface area (TPSA) is 81.1 Å². The average molecular weight is 404 g/mol. The maximum absolute atomic E-state index is 12.6. The third kappa shape index (κ3) is 5.18. The largest absolute Gasteiger partial charge is 0.307 e. The van der Waals surface area contributed by atoms with Gasteiger partial charge in [-0.1, -0.05) is 41.9 Å². The molecule has 0 aliphatic carbocycles. The van der Waals surface area contributed by atoms with Crippen molar-refractivity contribution in [3.8, 4) is 0 Å². The van der Waals surface area contributed by atoms with Crippen LogP contribution in [0.15, 0.2) is 60.8 Å². The molecule has 1 aromatic heterocycles. The Labute approximate surface area is 162 Å². The van der Waals surface area contributed by atoms with Crippen molar-refractivity contribution in [1.82, 2.24) is 9.78 Å². The molecule has 3 rings (SSSR count). The van der Waals surface area contributed by atoms with Crippen molar-refractivity contribution in [2.24, 2.45) is 0 Å². The predicted molar refractivity (Wildman–Crippen MR) is 106 cm³/mol. The van der Waals surface area contributed by atoms with E-state index >= 15 is 0 Å². The molecular weight excluding hydrogens is 386 g/mol. The highest BCUT2D eigenvalue weighted by atomic mass is 35.5. The molecule has 0 saturated carbocycles. The number of nitrogens with zero attached hydrogens (tertiary/aromatic N) is 2. The second-order valence-electron chi connectivity index (χ2n) is 6.19. The van der Waals surface area contributed by atoms with Crippen LogP contribution in [0.3, 0.4) is 0 Å². The van der Waals surface area contributed by atoms with Gasteiger partial charge in [0.25, 0.3) is 5.91 Å². The van der Waals surface area contributed by atoms with Crippen LogP contribution in [0.5, 0.6) is 0 Å². The highest BCUT2D eigenvalue weighted by Gasteiger charge is 2.12. The van der Waals surface area contributed by atoms with Gasteiger partial charge in [0, 0.05) is 22.9 Å². The smallest absolute Gasteiger partial charge is 0.256 e. The Morgan fingerprint density at radius 2 is 1.93 bits per heavy atom. The number of rotatable bonds is 6. The van der Waals surface area contributed by atoms with Gasteiger partial charge in [0.05, 0.1) is 18.5 Å². The zero-order valence-corrected chi connectivity index (χ0v) is 16.2. The van der Waals surface area contributed by atoms with Gasteiger partial charge in [-0.15, -0.1) is 0 Å². The average Bonchev–Trinajstić information content (AvgIpc) is 3.02. The van der Waals surface area contributed by atoms with Crippen molar-refractivity contribution in [3.05, 3.63) is 82.5 Å². The first-order valence-electron chi connectivity index (χ1n) is 8.15. The van der Waals surface area contributed by atoms with Crippen LogP contribution in [0.25, 0.3) is 0 Å². The minimum atomic E-state index is -3.17. The first kappa shape index (κ1) is 19.1. The Hall–Kier alpha value is -2.64. The molecule has 0 spiro atoms. The van der Waals surface area contributed by atoms with Crippen LogP contribution in [0.4, 0.5) is 5.82 Å². The van der Waals surface area contributed by atoms with E-state index in [1.165, 1.54) is 0 Å². The minimum absolute atomic E-state index is 0.113. The number of sulfone groups is 1. The molecule has 0 unspecified atom stereocenters. The maximum atomic E-state index is 12.6. The van der Waals surface area contributed by atoms with E-state index < -0.39 is 9.84 Å². The van der Waals surface area contributed by atoms with Crippen LogP contribution in [0, 0.1) is 0 Å². The molecule has 0 radical (unpaired) electrons. The van der Waals surface area contributed by atoms with Crippen LogP contribution in [-0.4, -0.2) is 30.4 Å². The molecule has 140 valence electrons. The normalized spacial score (nSPS) is 11.3. The number of halogens is 1. The van der Waals surface area contributed by atoms with E-state index in [1.54, 1.807) is 47.3 Å². The van der Waals surface area contributed by atoms with Gasteiger partial charge in [0.1, 0.15) is 5.82 Å². The first-order chi connectivity index (χ1) is 12.8. The van der Waals surface area contributed by atoms with Gasteiger partial charge in [-0.3, -0.25) is 4.79 Å². The van der Waals surface area contributed by atoms with Crippen molar-refractivity contribution >= 4 is 33.2 Å². The summed E-state index contributed by atoms with van der Waals surface area (Å²) in [6, 6.07) is 15.7. The third-order valence-electron chi connectivity index (χ3n) is 3.85. The number of carbonyl (C=O) groups is 1. The second kappa shape index (κ2) is 7.94. The molecule has 2 aromatic carbocycles. The third-order valence-corrected chi connectivity index (χ3v) is 5.08. The number of amides is 1. The number of aromatic nitrogens is 2. The number of benzene rings is 2. The van der Waals surface area contributed by atoms with Crippen molar-refractivity contribution in [2.75, 3.05) is 11.6 Å². The van der Waals surface area contributed by atoms with Crippen LogP contribution < -0.4 is 5.32 Å². The lowest BCUT2D eigenvalue weighted by molar-refractivity contribution is 0.102. The van der Waals surface area contributed by atoms with E-state index in [-0.39, 0.29) is 11.7 Å². The van der Waals surface area contributed by atoms with Crippen molar-refractivity contribution in [1.29, 1.82) is 0 Å². The van der Waals surface area contributed by atoms with Crippen molar-refractivity contribution < 1.29 is 13.2 Å². The van der Waals surface area contributed by atoms with Crippen molar-refractivity contribution in [2.45, 2.75) is 12.3 Å². The van der Waals surface area contributed by atoms with Gasteiger partial charge in [-0.25, -0.2) is 13.1 Å². The Bertz CT molecular complexity index is 1080. The van der Waals surface area contributed by atoms with Crippen LogP contribution in [0.2, 0.25) is 5.02 Å². The summed E-state index contributed by atoms with van der Waals surface area (Å²) in [6.45, 7) is 0.413. The van der Waals surface area contributed by atoms with Crippen molar-refractivity contribution in [3.63, 3.8) is 0 Å². The predicted octanol–water partition coefficient (Wildman–Crippen LogP) is 3.38. The summed E-state index contributed by atoms with van der Waals surface area (Å²) in [5, 5.41) is 7.66. The maximum Gasteiger partial charge on any atom is 0.256 e. The second-order valence-corrected chi connectivity index (χ2v) is 8.74. The molecule has 8 heteroatoms. The van der Waals surface area contributed by atoms with Crippen LogP contribution in [-0.2, 0) is 22.1 Å². The van der Waals surface area contributed by atoms with E-state index in [4.69, 9.17) is 11.6 Å². The summed E-state index contributed by atoms with van der Waals surface area (Å²) in [5.74, 6) is 0.0677. The molecule has 0 fully saturated rings. The first-order valence-corrected chi connectivity index (χ1v) is 10.6. The molecule has 0 bridgehead atoms. The number of hydrogen-bond donors (Lipinski definition) is 1. The van der Waals surface area contributed by atoms with Gasteiger partial charge < -0.3 is 5.32 Å². The summed E-state index contributed by atoms with van der Waals surface area (Å²) in [7, 11) is -3.17. The van der Waals surface area contributed by atoms with Gasteiger partial charge in [-0.05, 0) is 29.3 Å². The summed E-state index contributed by atoms with van der Waals surface area (Å²) < 4.78 is 24.6. The molecule has 0 saturated heterocycles. The minimum Gasteiger partial charge on any atom is -0.307 e. The Morgan fingerprint density at radius 1 is 1.15 bits per heavy atom. The van der Waals surface area contributed by atoms with E-state index in [1.807, 2.05) is 18.2 Å². The summed E-state index contributed by atoms with van der Waals surface area (Å²) in [4.78, 5) is 12.6. The molecule has 0 aliphatic heterocycles. The zero-order chi connectivity index (χ0) is 19.4. The summed E-state index contributed by atoms with van der Waals surface area (Å²) in [6.07, 6.45) is 2.75. The Morgan fingerprint density at radius 3 is 2.67 bits per heavy atom. The number of hydrogen-bond acceptors (Lipinski definition) is 4. The van der Waals surface area contributed by atoms with Gasteiger partial charge >= 0.3 is 0 Å². The monoisotopic (exact) mass is 403 g/mol. The molecule has 6 nitrogen and oxygen atoms in total. The lowest BCUT2D eigenvalue weighted by Crippen LogP contribution is -2.16. The summed E-state index contributed by atoms with van der Waals surface area (Å²) in [5.41, 5.74) is 1.82. The molecule has 1 N–H and O–H groups in total. The van der Waals surface area contributed by atoms with Gasteiger partial charge in [0.15, 0.2) is 9.84 Å². The Kier molecular flexibility index (Phi) is 5.62. The fourth-order valence-corrected chi connectivity index (χ4v) is 3.63. The SMILES string of the molecule is CS(=O)(=O)Cc1cccc(C(=O)Nc2ccnn2Cc2ccccc2Cl)c1. The van der Waals surface area contributed by atoms with E-state index in [0.29, 0.717) is 28.5 Å². The van der Waals surface area contributed by atoms with Gasteiger partial charge in [-0.2, -0.15) is 5.10 Å². The standard InChI is InChI=1S/C19H18ClN3O3S/c1-27(25,26)13-14-5-4-7-15(11-14)19(24)22-18-9-10-21-23(18)12-16-6-2-3-8-17(16)20/h2-11H,12-13H2,1H3,(H,22,24). The van der Waals surface area contributed by atoms with E-state index in [9.17, 15) is 13.2 Å². The molecule has 27 heavy (non-hydrogen) atoms. The lowest BCUT2D eigenvalue weighted by Gasteiger charge is -2.11. The molecule has 3 aromatic rings. The highest BCUT2D eigenvalue weighted by molar-refractivity contribution is 7.89. The van der Waals surface area contributed by atoms with E-state index in [2.05, 4.69) is 10.4 Å². The quantitative estimate of drug-likeness (QED) is 0.684. The molecule has 0 aliphatic rings. The van der Waals surface area contributed by atoms with Crippen LogP contribution in [0.1, 0.15) is 21.5 Å². The molecule has 1 amide bonds. The number of anilines is 1. The number of carbonyl (C=O) groups excluding carboxylic acids is 1. The molecule has 1 heterocycles. The molecule has 0 atom stereocenters. The zero-order valence-electron chi connectivity index (χ0n) is 14.6. The molecular formula is C19H18ClN3O3S. The van der Waals surface area contributed by atoms with E-state index in [0.717, 1.165) is 11.8 Å². The Balaban J connectivity index is 1.77. The number of nitrogens with one attached hydrogen (secondary N) is 1. The van der Waals surface area contributed by atoms with Crippen LogP contribution >= 0.6 is 11.6 Å². The fraction of sp³-hybridized carbons (Fsp3) is 0.158. The fourth-order valence-electron chi connectivity index (χ4n) is 2.65. The van der Waals surface area contributed by atoms with Gasteiger partial charge in [0.2, 0.25) is 0 Å². The lowest BCUT2D eigenvalue weighted by atomic mass is 10.1. The highest BCUT2D eigenvalue weighted by Crippen LogP contribution is 2.19. The summed E-state index contributed by atoms with van der Waals surface area (Å²) >= 11 is 6.19.